The maximum atomic E-state index is 13.2. The van der Waals surface area contributed by atoms with E-state index >= 15 is 0 Å². The molecule has 0 aromatic heterocycles. The zero-order valence-electron chi connectivity index (χ0n) is 15.1. The van der Waals surface area contributed by atoms with Crippen molar-refractivity contribution < 1.29 is 19.0 Å². The van der Waals surface area contributed by atoms with E-state index in [9.17, 15) is 4.79 Å². The number of methoxy groups -OCH3 is 2. The van der Waals surface area contributed by atoms with Gasteiger partial charge < -0.3 is 24.4 Å². The van der Waals surface area contributed by atoms with Gasteiger partial charge in [0, 0.05) is 19.2 Å². The molecule has 1 amide bonds. The van der Waals surface area contributed by atoms with E-state index in [0.29, 0.717) is 37.8 Å². The van der Waals surface area contributed by atoms with Crippen molar-refractivity contribution in [2.24, 2.45) is 0 Å². The van der Waals surface area contributed by atoms with Crippen molar-refractivity contribution >= 4 is 11.6 Å². The molecular weight excluding hydrogens is 332 g/mol. The van der Waals surface area contributed by atoms with E-state index in [1.54, 1.807) is 20.3 Å². The molecule has 1 unspecified atom stereocenters. The number of carbonyl (C=O) groups excluding carboxylic acids is 1. The van der Waals surface area contributed by atoms with Gasteiger partial charge in [-0.05, 0) is 17.7 Å². The minimum Gasteiger partial charge on any atom is -0.497 e. The zero-order chi connectivity index (χ0) is 18.4. The Morgan fingerprint density at radius 2 is 1.81 bits per heavy atom. The molecule has 3 rings (SSSR count). The minimum absolute atomic E-state index is 0.0253. The van der Waals surface area contributed by atoms with E-state index in [-0.39, 0.29) is 5.91 Å². The monoisotopic (exact) mass is 356 g/mol. The number of benzene rings is 2. The smallest absolute Gasteiger partial charge is 0.249 e. The Kier molecular flexibility index (Phi) is 5.96. The van der Waals surface area contributed by atoms with Crippen LogP contribution >= 0.6 is 0 Å². The number of anilines is 1. The molecule has 1 aliphatic heterocycles. The lowest BCUT2D eigenvalue weighted by molar-refractivity contribution is -0.136. The average Bonchev–Trinajstić information content (AvgIpc) is 2.72. The van der Waals surface area contributed by atoms with E-state index in [4.69, 9.17) is 14.2 Å². The number of nitrogens with one attached hydrogen (secondary N) is 1. The number of rotatable bonds is 6. The maximum absolute atomic E-state index is 13.2. The lowest BCUT2D eigenvalue weighted by Crippen LogP contribution is -2.44. The van der Waals surface area contributed by atoms with Gasteiger partial charge in [0.05, 0.1) is 33.1 Å². The second-order valence-corrected chi connectivity index (χ2v) is 5.99. The molecule has 6 heteroatoms. The minimum atomic E-state index is -0.503. The van der Waals surface area contributed by atoms with Gasteiger partial charge in [0.25, 0.3) is 0 Å². The highest BCUT2D eigenvalue weighted by Gasteiger charge is 2.28. The number of nitrogens with zero attached hydrogens (tertiary/aromatic N) is 1. The Bertz CT molecular complexity index is 730. The fourth-order valence-corrected chi connectivity index (χ4v) is 2.97. The summed E-state index contributed by atoms with van der Waals surface area (Å²) in [5.41, 5.74) is 1.64. The van der Waals surface area contributed by atoms with Gasteiger partial charge in [-0.25, -0.2) is 0 Å². The van der Waals surface area contributed by atoms with Crippen LogP contribution in [0.2, 0.25) is 0 Å². The first-order valence-electron chi connectivity index (χ1n) is 8.63. The third-order valence-electron chi connectivity index (χ3n) is 4.41. The summed E-state index contributed by atoms with van der Waals surface area (Å²) >= 11 is 0. The summed E-state index contributed by atoms with van der Waals surface area (Å²) < 4.78 is 16.1. The predicted octanol–water partition coefficient (Wildman–Crippen LogP) is 2.72. The van der Waals surface area contributed by atoms with Crippen molar-refractivity contribution in [3.05, 3.63) is 54.1 Å². The lowest BCUT2D eigenvalue weighted by atomic mass is 10.0. The van der Waals surface area contributed by atoms with Crippen LogP contribution in [0, 0.1) is 0 Å². The van der Waals surface area contributed by atoms with Crippen LogP contribution in [0.25, 0.3) is 0 Å². The molecule has 1 N–H and O–H groups in total. The van der Waals surface area contributed by atoms with Crippen molar-refractivity contribution in [1.29, 1.82) is 0 Å². The Morgan fingerprint density at radius 1 is 1.08 bits per heavy atom. The van der Waals surface area contributed by atoms with Crippen LogP contribution in [-0.2, 0) is 9.53 Å². The van der Waals surface area contributed by atoms with E-state index in [1.807, 2.05) is 47.4 Å². The summed E-state index contributed by atoms with van der Waals surface area (Å²) in [5, 5.41) is 3.35. The van der Waals surface area contributed by atoms with Crippen LogP contribution in [0.15, 0.2) is 48.5 Å². The molecule has 1 atom stereocenters. The van der Waals surface area contributed by atoms with Crippen LogP contribution in [-0.4, -0.2) is 51.3 Å². The number of morpholine rings is 1. The summed E-state index contributed by atoms with van der Waals surface area (Å²) in [6.07, 6.45) is 0. The van der Waals surface area contributed by atoms with E-state index in [2.05, 4.69) is 5.32 Å². The highest BCUT2D eigenvalue weighted by molar-refractivity contribution is 5.86. The second-order valence-electron chi connectivity index (χ2n) is 5.99. The Labute approximate surface area is 153 Å². The van der Waals surface area contributed by atoms with Gasteiger partial charge in [0.1, 0.15) is 17.5 Å². The van der Waals surface area contributed by atoms with Crippen molar-refractivity contribution in [2.75, 3.05) is 45.8 Å². The molecule has 1 saturated heterocycles. The Morgan fingerprint density at radius 3 is 2.46 bits per heavy atom. The topological polar surface area (TPSA) is 60.0 Å². The molecular formula is C20H24N2O4. The van der Waals surface area contributed by atoms with Crippen LogP contribution in [0.1, 0.15) is 11.6 Å². The molecule has 1 fully saturated rings. The van der Waals surface area contributed by atoms with Gasteiger partial charge in [0.2, 0.25) is 5.91 Å². The molecule has 2 aromatic rings. The second kappa shape index (κ2) is 8.58. The van der Waals surface area contributed by atoms with Crippen LogP contribution < -0.4 is 14.8 Å². The Balaban J connectivity index is 1.90. The number of amides is 1. The first-order valence-corrected chi connectivity index (χ1v) is 8.63. The van der Waals surface area contributed by atoms with Gasteiger partial charge in [-0.15, -0.1) is 0 Å². The van der Waals surface area contributed by atoms with Crippen molar-refractivity contribution in [3.63, 3.8) is 0 Å². The fraction of sp³-hybridized carbons (Fsp3) is 0.350. The zero-order valence-corrected chi connectivity index (χ0v) is 15.1. The first kappa shape index (κ1) is 18.1. The van der Waals surface area contributed by atoms with Gasteiger partial charge in [-0.3, -0.25) is 4.79 Å². The summed E-state index contributed by atoms with van der Waals surface area (Å²) in [4.78, 5) is 15.0. The largest absolute Gasteiger partial charge is 0.497 e. The molecule has 6 nitrogen and oxygen atoms in total. The van der Waals surface area contributed by atoms with Gasteiger partial charge >= 0.3 is 0 Å². The van der Waals surface area contributed by atoms with Gasteiger partial charge in [-0.2, -0.15) is 0 Å². The third kappa shape index (κ3) is 4.08. The van der Waals surface area contributed by atoms with Crippen LogP contribution in [0.4, 0.5) is 5.69 Å². The van der Waals surface area contributed by atoms with E-state index < -0.39 is 6.04 Å². The SMILES string of the molecule is COc1ccc(NC(C(=O)N2CCOCC2)c2ccccc2)c(OC)c1. The molecule has 0 bridgehead atoms. The molecule has 138 valence electrons. The quantitative estimate of drug-likeness (QED) is 0.862. The summed E-state index contributed by atoms with van der Waals surface area (Å²) in [6, 6.07) is 14.7. The number of hydrogen-bond donors (Lipinski definition) is 1. The molecule has 2 aromatic carbocycles. The van der Waals surface area contributed by atoms with E-state index in [1.165, 1.54) is 0 Å². The van der Waals surface area contributed by atoms with Crippen LogP contribution in [0.3, 0.4) is 0 Å². The van der Waals surface area contributed by atoms with Crippen molar-refractivity contribution in [1.82, 2.24) is 4.90 Å². The normalized spacial score (nSPS) is 15.2. The highest BCUT2D eigenvalue weighted by atomic mass is 16.5. The molecule has 26 heavy (non-hydrogen) atoms. The fourth-order valence-electron chi connectivity index (χ4n) is 2.97. The number of hydrogen-bond acceptors (Lipinski definition) is 5. The maximum Gasteiger partial charge on any atom is 0.249 e. The van der Waals surface area contributed by atoms with Gasteiger partial charge in [-0.1, -0.05) is 30.3 Å². The standard InChI is InChI=1S/C20H24N2O4/c1-24-16-8-9-17(18(14-16)25-2)21-19(15-6-4-3-5-7-15)20(23)22-10-12-26-13-11-22/h3-9,14,19,21H,10-13H2,1-2H3. The average molecular weight is 356 g/mol. The summed E-state index contributed by atoms with van der Waals surface area (Å²) in [5.74, 6) is 1.35. The molecule has 0 spiro atoms. The highest BCUT2D eigenvalue weighted by Crippen LogP contribution is 2.32. The molecule has 0 aliphatic carbocycles. The third-order valence-corrected chi connectivity index (χ3v) is 4.41. The van der Waals surface area contributed by atoms with Crippen LogP contribution in [0.5, 0.6) is 11.5 Å². The summed E-state index contributed by atoms with van der Waals surface area (Å²) in [7, 11) is 3.21. The first-order chi connectivity index (χ1) is 12.7. The van der Waals surface area contributed by atoms with Crippen molar-refractivity contribution in [3.8, 4) is 11.5 Å². The number of carbonyl (C=O) groups is 1. The van der Waals surface area contributed by atoms with Gasteiger partial charge in [0.15, 0.2) is 0 Å². The lowest BCUT2D eigenvalue weighted by Gasteiger charge is -2.31. The predicted molar refractivity (Wildman–Crippen MR) is 99.8 cm³/mol. The molecule has 1 heterocycles. The molecule has 1 aliphatic rings. The summed E-state index contributed by atoms with van der Waals surface area (Å²) in [6.45, 7) is 2.34. The van der Waals surface area contributed by atoms with E-state index in [0.717, 1.165) is 11.3 Å². The molecule has 0 saturated carbocycles. The van der Waals surface area contributed by atoms with Crippen molar-refractivity contribution in [2.45, 2.75) is 6.04 Å². The Hall–Kier alpha value is -2.73. The number of ether oxygens (including phenoxy) is 3. The molecule has 0 radical (unpaired) electrons.